The Kier molecular flexibility index (Phi) is 6.45. The molecule has 1 unspecified atom stereocenters. The number of aryl methyl sites for hydroxylation is 1. The van der Waals surface area contributed by atoms with Crippen LogP contribution in [0.2, 0.25) is 0 Å². The molecule has 20 heavy (non-hydrogen) atoms. The predicted octanol–water partition coefficient (Wildman–Crippen LogP) is 2.08. The standard InChI is InChI=1S/C14H22N2O2S.ClH/c1-11-4-3-5-14(10-11)19(17,18)16-12(2)13-6-8-15-9-7-13;/h3-5,10,12-13,15-16H,6-9H2,1-2H3;1H. The van der Waals surface area contributed by atoms with Gasteiger partial charge in [-0.15, -0.1) is 12.4 Å². The van der Waals surface area contributed by atoms with Gasteiger partial charge in [-0.2, -0.15) is 0 Å². The molecule has 0 bridgehead atoms. The predicted molar refractivity (Wildman–Crippen MR) is 83.8 cm³/mol. The van der Waals surface area contributed by atoms with Crippen LogP contribution in [-0.2, 0) is 10.0 Å². The van der Waals surface area contributed by atoms with Crippen molar-refractivity contribution in [3.63, 3.8) is 0 Å². The normalized spacial score (nSPS) is 18.3. The number of halogens is 1. The van der Waals surface area contributed by atoms with E-state index in [0.29, 0.717) is 10.8 Å². The Balaban J connectivity index is 0.00000200. The van der Waals surface area contributed by atoms with E-state index in [4.69, 9.17) is 0 Å². The van der Waals surface area contributed by atoms with Crippen molar-refractivity contribution >= 4 is 22.4 Å². The Labute approximate surface area is 127 Å². The lowest BCUT2D eigenvalue weighted by Crippen LogP contribution is -2.42. The van der Waals surface area contributed by atoms with Gasteiger partial charge in [-0.1, -0.05) is 12.1 Å². The minimum absolute atomic E-state index is 0. The first-order valence-electron chi connectivity index (χ1n) is 6.79. The average molecular weight is 319 g/mol. The molecule has 1 aliphatic heterocycles. The molecule has 1 atom stereocenters. The van der Waals surface area contributed by atoms with Gasteiger partial charge in [0.05, 0.1) is 4.90 Å². The van der Waals surface area contributed by atoms with Crippen LogP contribution in [0, 0.1) is 12.8 Å². The molecule has 1 aromatic rings. The molecule has 0 radical (unpaired) electrons. The van der Waals surface area contributed by atoms with E-state index < -0.39 is 10.0 Å². The second-order valence-electron chi connectivity index (χ2n) is 5.31. The molecule has 1 fully saturated rings. The molecule has 1 saturated heterocycles. The number of benzene rings is 1. The van der Waals surface area contributed by atoms with Crippen LogP contribution in [0.25, 0.3) is 0 Å². The Hall–Kier alpha value is -0.620. The van der Waals surface area contributed by atoms with Crippen LogP contribution in [0.3, 0.4) is 0 Å². The molecule has 0 aromatic heterocycles. The summed E-state index contributed by atoms with van der Waals surface area (Å²) in [4.78, 5) is 0.355. The fourth-order valence-corrected chi connectivity index (χ4v) is 3.95. The van der Waals surface area contributed by atoms with Gasteiger partial charge in [0.15, 0.2) is 0 Å². The number of piperidine rings is 1. The topological polar surface area (TPSA) is 58.2 Å². The Morgan fingerprint density at radius 2 is 1.95 bits per heavy atom. The van der Waals surface area contributed by atoms with Crippen LogP contribution in [0.1, 0.15) is 25.3 Å². The number of hydrogen-bond donors (Lipinski definition) is 2. The molecule has 0 amide bonds. The molecule has 2 N–H and O–H groups in total. The number of rotatable bonds is 4. The second kappa shape index (κ2) is 7.41. The Morgan fingerprint density at radius 1 is 1.30 bits per heavy atom. The van der Waals surface area contributed by atoms with Crippen LogP contribution in [-0.4, -0.2) is 27.5 Å². The fraction of sp³-hybridized carbons (Fsp3) is 0.571. The van der Waals surface area contributed by atoms with Crippen LogP contribution in [0.4, 0.5) is 0 Å². The minimum atomic E-state index is -3.40. The minimum Gasteiger partial charge on any atom is -0.317 e. The Bertz CT molecular complexity index is 528. The van der Waals surface area contributed by atoms with E-state index in [2.05, 4.69) is 10.0 Å². The van der Waals surface area contributed by atoms with Gasteiger partial charge in [-0.25, -0.2) is 13.1 Å². The summed E-state index contributed by atoms with van der Waals surface area (Å²) < 4.78 is 27.4. The molecular weight excluding hydrogens is 296 g/mol. The van der Waals surface area contributed by atoms with Crippen LogP contribution in [0.5, 0.6) is 0 Å². The third-order valence-electron chi connectivity index (χ3n) is 3.73. The SMILES string of the molecule is Cc1cccc(S(=O)(=O)NC(C)C2CCNCC2)c1.Cl. The molecule has 0 spiro atoms. The molecular formula is C14H23ClN2O2S. The van der Waals surface area contributed by atoms with Crippen molar-refractivity contribution in [2.24, 2.45) is 5.92 Å². The highest BCUT2D eigenvalue weighted by molar-refractivity contribution is 7.89. The summed E-state index contributed by atoms with van der Waals surface area (Å²) in [5.74, 6) is 0.417. The van der Waals surface area contributed by atoms with Crippen molar-refractivity contribution < 1.29 is 8.42 Å². The highest BCUT2D eigenvalue weighted by Gasteiger charge is 2.24. The number of nitrogens with one attached hydrogen (secondary N) is 2. The summed E-state index contributed by atoms with van der Waals surface area (Å²) in [5, 5.41) is 3.29. The summed E-state index contributed by atoms with van der Waals surface area (Å²) in [6, 6.07) is 7.00. The van der Waals surface area contributed by atoms with E-state index >= 15 is 0 Å². The van der Waals surface area contributed by atoms with E-state index in [9.17, 15) is 8.42 Å². The molecule has 1 aromatic carbocycles. The van der Waals surface area contributed by atoms with E-state index in [0.717, 1.165) is 31.5 Å². The first-order chi connectivity index (χ1) is 8.99. The number of sulfonamides is 1. The van der Waals surface area contributed by atoms with Crippen molar-refractivity contribution in [1.82, 2.24) is 10.0 Å². The highest BCUT2D eigenvalue weighted by Crippen LogP contribution is 2.19. The lowest BCUT2D eigenvalue weighted by atomic mass is 9.92. The molecule has 114 valence electrons. The molecule has 4 nitrogen and oxygen atoms in total. The van der Waals surface area contributed by atoms with Gasteiger partial charge in [-0.3, -0.25) is 0 Å². The third-order valence-corrected chi connectivity index (χ3v) is 5.29. The van der Waals surface area contributed by atoms with Gasteiger partial charge in [-0.05, 0) is 63.4 Å². The van der Waals surface area contributed by atoms with E-state index in [1.165, 1.54) is 0 Å². The Morgan fingerprint density at radius 3 is 2.55 bits per heavy atom. The second-order valence-corrected chi connectivity index (χ2v) is 7.03. The van der Waals surface area contributed by atoms with E-state index in [1.54, 1.807) is 18.2 Å². The largest absolute Gasteiger partial charge is 0.317 e. The van der Waals surface area contributed by atoms with Gasteiger partial charge in [0, 0.05) is 6.04 Å². The van der Waals surface area contributed by atoms with Gasteiger partial charge >= 0.3 is 0 Å². The highest BCUT2D eigenvalue weighted by atomic mass is 35.5. The maximum absolute atomic E-state index is 12.3. The van der Waals surface area contributed by atoms with Gasteiger partial charge in [0.25, 0.3) is 0 Å². The molecule has 2 rings (SSSR count). The summed E-state index contributed by atoms with van der Waals surface area (Å²) >= 11 is 0. The van der Waals surface area contributed by atoms with E-state index in [-0.39, 0.29) is 18.4 Å². The van der Waals surface area contributed by atoms with Crippen molar-refractivity contribution in [1.29, 1.82) is 0 Å². The smallest absolute Gasteiger partial charge is 0.240 e. The summed E-state index contributed by atoms with van der Waals surface area (Å²) in [5.41, 5.74) is 0.956. The average Bonchev–Trinajstić information content (AvgIpc) is 2.39. The zero-order chi connectivity index (χ0) is 13.9. The quantitative estimate of drug-likeness (QED) is 0.893. The molecule has 1 heterocycles. The van der Waals surface area contributed by atoms with Gasteiger partial charge < -0.3 is 5.32 Å². The lowest BCUT2D eigenvalue weighted by Gasteiger charge is -2.28. The van der Waals surface area contributed by atoms with Crippen molar-refractivity contribution in [3.8, 4) is 0 Å². The van der Waals surface area contributed by atoms with Crippen LogP contribution < -0.4 is 10.0 Å². The van der Waals surface area contributed by atoms with Crippen LogP contribution >= 0.6 is 12.4 Å². The fourth-order valence-electron chi connectivity index (χ4n) is 2.54. The molecule has 0 aliphatic carbocycles. The zero-order valence-corrected chi connectivity index (χ0v) is 13.6. The number of hydrogen-bond acceptors (Lipinski definition) is 3. The monoisotopic (exact) mass is 318 g/mol. The van der Waals surface area contributed by atoms with Crippen molar-refractivity contribution in [3.05, 3.63) is 29.8 Å². The zero-order valence-electron chi connectivity index (χ0n) is 11.9. The van der Waals surface area contributed by atoms with Crippen molar-refractivity contribution in [2.75, 3.05) is 13.1 Å². The maximum atomic E-state index is 12.3. The summed E-state index contributed by atoms with van der Waals surface area (Å²) in [6.45, 7) is 5.81. The van der Waals surface area contributed by atoms with E-state index in [1.807, 2.05) is 19.9 Å². The van der Waals surface area contributed by atoms with Crippen LogP contribution in [0.15, 0.2) is 29.2 Å². The lowest BCUT2D eigenvalue weighted by molar-refractivity contribution is 0.316. The summed E-state index contributed by atoms with van der Waals surface area (Å²) in [6.07, 6.45) is 2.05. The third kappa shape index (κ3) is 4.45. The maximum Gasteiger partial charge on any atom is 0.240 e. The van der Waals surface area contributed by atoms with Gasteiger partial charge in [0.2, 0.25) is 10.0 Å². The van der Waals surface area contributed by atoms with Crippen molar-refractivity contribution in [2.45, 2.75) is 37.6 Å². The molecule has 6 heteroatoms. The first-order valence-corrected chi connectivity index (χ1v) is 8.27. The molecule has 0 saturated carbocycles. The molecule has 1 aliphatic rings. The first kappa shape index (κ1) is 17.4. The van der Waals surface area contributed by atoms with Gasteiger partial charge in [0.1, 0.15) is 0 Å². The summed E-state index contributed by atoms with van der Waals surface area (Å²) in [7, 11) is -3.40.